The average Bonchev–Trinajstić information content (AvgIpc) is 2.46. The number of aliphatic imine (C=N–C) groups is 1. The predicted molar refractivity (Wildman–Crippen MR) is 86.6 cm³/mol. The summed E-state index contributed by atoms with van der Waals surface area (Å²) in [6.45, 7) is 0.345. The van der Waals surface area contributed by atoms with Crippen molar-refractivity contribution in [3.8, 4) is 0 Å². The first-order valence-electron chi connectivity index (χ1n) is 6.39. The molecule has 128 valence electrons. The summed E-state index contributed by atoms with van der Waals surface area (Å²) in [6.07, 6.45) is 1.40. The van der Waals surface area contributed by atoms with E-state index in [1.165, 1.54) is 12.1 Å². The number of amides is 1. The summed E-state index contributed by atoms with van der Waals surface area (Å²) >= 11 is 2.99. The number of carbonyl (C=O) groups is 1. The van der Waals surface area contributed by atoms with Crippen molar-refractivity contribution in [2.45, 2.75) is 6.42 Å². The summed E-state index contributed by atoms with van der Waals surface area (Å²) in [4.78, 5) is 15.7. The Morgan fingerprint density at radius 2 is 2.09 bits per heavy atom. The van der Waals surface area contributed by atoms with Gasteiger partial charge in [-0.3, -0.25) is 10.0 Å². The maximum Gasteiger partial charge on any atom is 0.288 e. The average molecular weight is 411 g/mol. The van der Waals surface area contributed by atoms with Crippen molar-refractivity contribution in [1.82, 2.24) is 15.5 Å². The minimum atomic E-state index is -3.27. The molecule has 0 atom stereocenters. The van der Waals surface area contributed by atoms with Crippen LogP contribution in [0.3, 0.4) is 0 Å². The Balaban J connectivity index is 2.57. The number of rotatable bonds is 6. The van der Waals surface area contributed by atoms with E-state index in [9.17, 15) is 17.6 Å². The molecule has 0 aliphatic heterocycles. The van der Waals surface area contributed by atoms with E-state index < -0.39 is 21.7 Å². The Morgan fingerprint density at radius 3 is 2.65 bits per heavy atom. The van der Waals surface area contributed by atoms with E-state index in [0.29, 0.717) is 6.42 Å². The molecule has 1 amide bonds. The summed E-state index contributed by atoms with van der Waals surface area (Å²) in [5, 5.41) is 11.4. The van der Waals surface area contributed by atoms with Crippen LogP contribution in [0.5, 0.6) is 0 Å². The SMILES string of the molecule is CS(=O)(=O)NCCCNC(=O)C(=Nc1ccc(F)c(Br)c1)NO. The van der Waals surface area contributed by atoms with Crippen LogP contribution in [0.1, 0.15) is 6.42 Å². The molecule has 0 aliphatic rings. The van der Waals surface area contributed by atoms with Crippen molar-refractivity contribution in [2.75, 3.05) is 19.3 Å². The summed E-state index contributed by atoms with van der Waals surface area (Å²) in [5.74, 6) is -1.54. The molecule has 0 aromatic heterocycles. The first-order chi connectivity index (χ1) is 10.7. The Hall–Kier alpha value is -1.56. The van der Waals surface area contributed by atoms with Crippen molar-refractivity contribution >= 4 is 43.4 Å². The molecule has 0 heterocycles. The summed E-state index contributed by atoms with van der Waals surface area (Å²) in [6, 6.07) is 3.84. The van der Waals surface area contributed by atoms with E-state index in [1.54, 1.807) is 5.48 Å². The molecule has 0 saturated carbocycles. The second-order valence-electron chi connectivity index (χ2n) is 4.45. The third kappa shape index (κ3) is 7.50. The van der Waals surface area contributed by atoms with Gasteiger partial charge in [-0.05, 0) is 40.5 Å². The Morgan fingerprint density at radius 1 is 1.39 bits per heavy atom. The summed E-state index contributed by atoms with van der Waals surface area (Å²) in [5.41, 5.74) is 1.92. The number of nitrogens with one attached hydrogen (secondary N) is 3. The van der Waals surface area contributed by atoms with Crippen molar-refractivity contribution in [3.05, 3.63) is 28.5 Å². The van der Waals surface area contributed by atoms with Crippen LogP contribution in [0.2, 0.25) is 0 Å². The first kappa shape index (κ1) is 19.5. The Bertz CT molecular complexity index is 696. The van der Waals surface area contributed by atoms with Crippen molar-refractivity contribution in [3.63, 3.8) is 0 Å². The molecule has 1 rings (SSSR count). The highest BCUT2D eigenvalue weighted by atomic mass is 79.9. The van der Waals surface area contributed by atoms with Gasteiger partial charge in [-0.25, -0.2) is 28.0 Å². The zero-order valence-electron chi connectivity index (χ0n) is 12.1. The number of amidine groups is 1. The maximum absolute atomic E-state index is 13.1. The third-order valence-corrected chi connectivity index (χ3v) is 3.80. The topological polar surface area (TPSA) is 120 Å². The van der Waals surface area contributed by atoms with Crippen LogP contribution in [0.25, 0.3) is 0 Å². The highest BCUT2D eigenvalue weighted by Crippen LogP contribution is 2.22. The number of nitrogens with zero attached hydrogens (tertiary/aromatic N) is 1. The molecule has 0 spiro atoms. The van der Waals surface area contributed by atoms with Gasteiger partial charge in [0.1, 0.15) is 5.82 Å². The van der Waals surface area contributed by atoms with E-state index in [1.807, 2.05) is 0 Å². The quantitative estimate of drug-likeness (QED) is 0.237. The molecular weight excluding hydrogens is 395 g/mol. The fourth-order valence-corrected chi connectivity index (χ4v) is 2.32. The molecule has 8 nitrogen and oxygen atoms in total. The lowest BCUT2D eigenvalue weighted by atomic mass is 10.3. The van der Waals surface area contributed by atoms with Gasteiger partial charge in [-0.2, -0.15) is 0 Å². The monoisotopic (exact) mass is 410 g/mol. The lowest BCUT2D eigenvalue weighted by Gasteiger charge is -2.07. The highest BCUT2D eigenvalue weighted by molar-refractivity contribution is 9.10. The van der Waals surface area contributed by atoms with Crippen LogP contribution in [0.15, 0.2) is 27.7 Å². The lowest BCUT2D eigenvalue weighted by Crippen LogP contribution is -2.39. The number of benzene rings is 1. The fourth-order valence-electron chi connectivity index (χ4n) is 1.44. The zero-order valence-corrected chi connectivity index (χ0v) is 14.5. The Kier molecular flexibility index (Phi) is 7.55. The molecule has 0 radical (unpaired) electrons. The van der Waals surface area contributed by atoms with Gasteiger partial charge >= 0.3 is 0 Å². The predicted octanol–water partition coefficient (Wildman–Crippen LogP) is 0.652. The number of hydrogen-bond donors (Lipinski definition) is 4. The summed E-state index contributed by atoms with van der Waals surface area (Å²) in [7, 11) is -3.27. The van der Waals surface area contributed by atoms with Gasteiger partial charge < -0.3 is 5.32 Å². The smallest absolute Gasteiger partial charge is 0.288 e. The van der Waals surface area contributed by atoms with E-state index in [4.69, 9.17) is 5.21 Å². The number of hydrogen-bond acceptors (Lipinski definition) is 5. The number of carbonyl (C=O) groups excluding carboxylic acids is 1. The minimum Gasteiger partial charge on any atom is -0.349 e. The molecule has 11 heteroatoms. The second-order valence-corrected chi connectivity index (χ2v) is 7.13. The molecule has 23 heavy (non-hydrogen) atoms. The molecule has 4 N–H and O–H groups in total. The van der Waals surface area contributed by atoms with Crippen molar-refractivity contribution in [1.29, 1.82) is 0 Å². The van der Waals surface area contributed by atoms with Gasteiger partial charge in [0.05, 0.1) is 16.4 Å². The molecule has 0 fully saturated rings. The fraction of sp³-hybridized carbons (Fsp3) is 0.333. The van der Waals surface area contributed by atoms with Crippen LogP contribution in [0, 0.1) is 5.82 Å². The van der Waals surface area contributed by atoms with Crippen LogP contribution >= 0.6 is 15.9 Å². The van der Waals surface area contributed by atoms with E-state index in [2.05, 4.69) is 31.0 Å². The standard InChI is InChI=1S/C12H16BrFN4O4S/c1-23(21,22)16-6-2-5-15-12(19)11(18-20)17-8-3-4-10(14)9(13)7-8/h3-4,7,16,20H,2,5-6H2,1H3,(H,15,19)(H,17,18). The number of halogens is 2. The first-order valence-corrected chi connectivity index (χ1v) is 9.08. The van der Waals surface area contributed by atoms with Gasteiger partial charge in [-0.15, -0.1) is 0 Å². The minimum absolute atomic E-state index is 0.170. The van der Waals surface area contributed by atoms with Crippen LogP contribution in [-0.2, 0) is 14.8 Å². The van der Waals surface area contributed by atoms with Crippen molar-refractivity contribution < 1.29 is 22.8 Å². The van der Waals surface area contributed by atoms with E-state index >= 15 is 0 Å². The van der Waals surface area contributed by atoms with Gasteiger partial charge in [0.25, 0.3) is 5.91 Å². The molecule has 0 aliphatic carbocycles. The molecular formula is C12H16BrFN4O4S. The molecule has 0 unspecified atom stereocenters. The normalized spacial score (nSPS) is 12.1. The lowest BCUT2D eigenvalue weighted by molar-refractivity contribution is -0.115. The molecule has 1 aromatic carbocycles. The van der Waals surface area contributed by atoms with Crippen molar-refractivity contribution in [2.24, 2.45) is 4.99 Å². The number of sulfonamides is 1. The highest BCUT2D eigenvalue weighted by Gasteiger charge is 2.11. The summed E-state index contributed by atoms with van der Waals surface area (Å²) < 4.78 is 37.2. The maximum atomic E-state index is 13.1. The van der Waals surface area contributed by atoms with Gasteiger partial charge in [-0.1, -0.05) is 0 Å². The zero-order chi connectivity index (χ0) is 17.5. The van der Waals surface area contributed by atoms with Gasteiger partial charge in [0.15, 0.2) is 0 Å². The molecule has 1 aromatic rings. The van der Waals surface area contributed by atoms with Gasteiger partial charge in [0, 0.05) is 13.1 Å². The van der Waals surface area contributed by atoms with E-state index in [0.717, 1.165) is 12.3 Å². The second kappa shape index (κ2) is 8.91. The van der Waals surface area contributed by atoms with Crippen LogP contribution in [-0.4, -0.2) is 44.7 Å². The largest absolute Gasteiger partial charge is 0.349 e. The molecule has 0 bridgehead atoms. The number of hydroxylamine groups is 1. The van der Waals surface area contributed by atoms with E-state index in [-0.39, 0.29) is 29.1 Å². The molecule has 0 saturated heterocycles. The van der Waals surface area contributed by atoms with Crippen LogP contribution in [0.4, 0.5) is 10.1 Å². The third-order valence-electron chi connectivity index (χ3n) is 2.47. The van der Waals surface area contributed by atoms with Gasteiger partial charge in [0.2, 0.25) is 15.9 Å². The van der Waals surface area contributed by atoms with Crippen LogP contribution < -0.4 is 15.5 Å². The Labute approximate surface area is 141 Å².